The van der Waals surface area contributed by atoms with E-state index in [9.17, 15) is 27.6 Å². The van der Waals surface area contributed by atoms with Gasteiger partial charge in [0.15, 0.2) is 0 Å². The minimum atomic E-state index is -1.09. The molecular formula is C26H23F3N4O4. The van der Waals surface area contributed by atoms with Gasteiger partial charge >= 0.3 is 17.1 Å². The van der Waals surface area contributed by atoms with E-state index in [2.05, 4.69) is 0 Å². The van der Waals surface area contributed by atoms with Crippen molar-refractivity contribution in [2.75, 3.05) is 7.11 Å². The third-order valence-electron chi connectivity index (χ3n) is 5.94. The van der Waals surface area contributed by atoms with Crippen LogP contribution in [-0.2, 0) is 13.1 Å². The van der Waals surface area contributed by atoms with Crippen LogP contribution in [0.5, 0.6) is 5.75 Å². The Morgan fingerprint density at radius 3 is 2.16 bits per heavy atom. The number of hydrogen-bond donors (Lipinski definition) is 1. The molecule has 0 saturated carbocycles. The average molecular weight is 512 g/mol. The predicted molar refractivity (Wildman–Crippen MR) is 131 cm³/mol. The zero-order valence-corrected chi connectivity index (χ0v) is 19.7. The molecule has 1 atom stereocenters. The van der Waals surface area contributed by atoms with Crippen LogP contribution in [0.4, 0.5) is 13.2 Å². The third kappa shape index (κ3) is 5.26. The van der Waals surface area contributed by atoms with Crippen molar-refractivity contribution in [1.29, 1.82) is 0 Å². The lowest BCUT2D eigenvalue weighted by Gasteiger charge is -2.17. The predicted octanol–water partition coefficient (Wildman–Crippen LogP) is 2.73. The van der Waals surface area contributed by atoms with E-state index < -0.39 is 52.7 Å². The molecule has 11 heteroatoms. The quantitative estimate of drug-likeness (QED) is 0.391. The van der Waals surface area contributed by atoms with Gasteiger partial charge in [0.1, 0.15) is 23.2 Å². The largest absolute Gasteiger partial charge is 0.497 e. The Bertz CT molecular complexity index is 1610. The summed E-state index contributed by atoms with van der Waals surface area (Å²) in [5.74, 6) is -2.07. The summed E-state index contributed by atoms with van der Waals surface area (Å²) in [5, 5.41) is 0. The molecule has 0 aliphatic rings. The Morgan fingerprint density at radius 2 is 1.49 bits per heavy atom. The maximum absolute atomic E-state index is 14.4. The Labute approximate surface area is 208 Å². The zero-order valence-electron chi connectivity index (χ0n) is 19.7. The van der Waals surface area contributed by atoms with Crippen LogP contribution < -0.4 is 27.5 Å². The number of nitrogens with two attached hydrogens (primary N) is 1. The zero-order chi connectivity index (χ0) is 26.7. The monoisotopic (exact) mass is 512 g/mol. The summed E-state index contributed by atoms with van der Waals surface area (Å²) in [6.45, 7) is -1.00. The molecule has 0 saturated heterocycles. The van der Waals surface area contributed by atoms with E-state index in [4.69, 9.17) is 10.5 Å². The minimum Gasteiger partial charge on any atom is -0.497 e. The van der Waals surface area contributed by atoms with Crippen LogP contribution in [-0.4, -0.2) is 20.8 Å². The van der Waals surface area contributed by atoms with E-state index in [0.717, 1.165) is 27.3 Å². The molecule has 8 nitrogen and oxygen atoms in total. The first-order valence-electron chi connectivity index (χ1n) is 11.3. The maximum atomic E-state index is 14.4. The second-order valence-corrected chi connectivity index (χ2v) is 8.27. The van der Waals surface area contributed by atoms with E-state index in [1.54, 1.807) is 12.1 Å². The number of ether oxygens (including phenoxy) is 1. The first kappa shape index (κ1) is 25.7. The van der Waals surface area contributed by atoms with Crippen LogP contribution in [0.3, 0.4) is 0 Å². The maximum Gasteiger partial charge on any atom is 0.341 e. The number of benzene rings is 3. The summed E-state index contributed by atoms with van der Waals surface area (Å²) in [7, 11) is 1.40. The molecule has 0 radical (unpaired) electrons. The molecule has 37 heavy (non-hydrogen) atoms. The molecule has 0 aliphatic heterocycles. The Balaban J connectivity index is 1.86. The lowest BCUT2D eigenvalue weighted by molar-refractivity contribution is 0.414. The van der Waals surface area contributed by atoms with E-state index in [1.807, 2.05) is 0 Å². The Hall–Kier alpha value is -4.38. The molecule has 3 aromatic carbocycles. The number of halogens is 3. The first-order valence-corrected chi connectivity index (χ1v) is 11.3. The van der Waals surface area contributed by atoms with Gasteiger partial charge in [0.05, 0.1) is 19.3 Å². The lowest BCUT2D eigenvalue weighted by Crippen LogP contribution is -2.54. The van der Waals surface area contributed by atoms with Crippen molar-refractivity contribution < 1.29 is 17.9 Å². The fourth-order valence-corrected chi connectivity index (χ4v) is 3.94. The number of methoxy groups -OCH3 is 1. The van der Waals surface area contributed by atoms with Crippen LogP contribution in [0, 0.1) is 17.5 Å². The number of aromatic nitrogens is 3. The van der Waals surface area contributed by atoms with Crippen LogP contribution >= 0.6 is 0 Å². The van der Waals surface area contributed by atoms with Crippen LogP contribution in [0.25, 0.3) is 5.69 Å². The van der Waals surface area contributed by atoms with Gasteiger partial charge in [-0.1, -0.05) is 24.3 Å². The fourth-order valence-electron chi connectivity index (χ4n) is 3.94. The second-order valence-electron chi connectivity index (χ2n) is 8.27. The van der Waals surface area contributed by atoms with Gasteiger partial charge < -0.3 is 10.5 Å². The van der Waals surface area contributed by atoms with E-state index >= 15 is 0 Å². The lowest BCUT2D eigenvalue weighted by atomic mass is 10.0. The number of nitrogens with zero attached hydrogens (tertiary/aromatic N) is 3. The van der Waals surface area contributed by atoms with Crippen LogP contribution in [0.15, 0.2) is 81.1 Å². The molecule has 0 bridgehead atoms. The van der Waals surface area contributed by atoms with Crippen molar-refractivity contribution in [3.05, 3.63) is 127 Å². The molecule has 0 spiro atoms. The van der Waals surface area contributed by atoms with Crippen molar-refractivity contribution in [2.24, 2.45) is 5.73 Å². The first-order chi connectivity index (χ1) is 17.7. The molecule has 0 amide bonds. The second kappa shape index (κ2) is 10.7. The Morgan fingerprint density at radius 1 is 0.838 bits per heavy atom. The van der Waals surface area contributed by atoms with Crippen molar-refractivity contribution in [2.45, 2.75) is 25.6 Å². The summed E-state index contributed by atoms with van der Waals surface area (Å²) in [4.78, 5) is 40.0. The molecule has 1 aromatic heterocycles. The molecule has 4 rings (SSSR count). The van der Waals surface area contributed by atoms with Gasteiger partial charge in [-0.25, -0.2) is 41.3 Å². The van der Waals surface area contributed by atoms with Crippen molar-refractivity contribution >= 4 is 0 Å². The molecule has 1 heterocycles. The van der Waals surface area contributed by atoms with Gasteiger partial charge in [0.2, 0.25) is 0 Å². The molecule has 1 unspecified atom stereocenters. The summed E-state index contributed by atoms with van der Waals surface area (Å²) in [6.07, 6.45) is 0.0307. The molecule has 0 fully saturated rings. The smallest absolute Gasteiger partial charge is 0.341 e. The normalized spacial score (nSPS) is 11.9. The van der Waals surface area contributed by atoms with Gasteiger partial charge in [-0.05, 0) is 48.4 Å². The van der Waals surface area contributed by atoms with Crippen LogP contribution in [0.2, 0.25) is 0 Å². The highest BCUT2D eigenvalue weighted by Gasteiger charge is 2.20. The summed E-state index contributed by atoms with van der Waals surface area (Å²) < 4.78 is 49.6. The molecule has 0 aliphatic carbocycles. The SMILES string of the molecule is COc1cccc(-n2c(=O)n(CCC(N)c3cccc(F)c3)c(=O)n(Cc3c(F)cccc3F)c2=O)c1. The highest BCUT2D eigenvalue weighted by Crippen LogP contribution is 2.17. The third-order valence-corrected chi connectivity index (χ3v) is 5.94. The standard InChI is InChI=1S/C26H23F3N4O4/c1-37-19-8-3-7-18(14-19)33-25(35)31(12-11-23(30)16-5-2-6-17(27)13-16)24(34)32(26(33)36)15-20-21(28)9-4-10-22(20)29/h2-10,13-14,23H,11-12,15,30H2,1H3. The highest BCUT2D eigenvalue weighted by atomic mass is 19.1. The van der Waals surface area contributed by atoms with Crippen molar-refractivity contribution in [3.63, 3.8) is 0 Å². The van der Waals surface area contributed by atoms with Crippen molar-refractivity contribution in [3.8, 4) is 11.4 Å². The molecular weight excluding hydrogens is 489 g/mol. The molecule has 2 N–H and O–H groups in total. The molecule has 4 aromatic rings. The fraction of sp³-hybridized carbons (Fsp3) is 0.192. The van der Waals surface area contributed by atoms with Gasteiger partial charge in [-0.15, -0.1) is 0 Å². The van der Waals surface area contributed by atoms with Gasteiger partial charge in [0, 0.05) is 24.2 Å². The van der Waals surface area contributed by atoms with Gasteiger partial charge in [-0.3, -0.25) is 0 Å². The van der Waals surface area contributed by atoms with Crippen LogP contribution in [0.1, 0.15) is 23.6 Å². The topological polar surface area (TPSA) is 101 Å². The molecule has 192 valence electrons. The number of hydrogen-bond acceptors (Lipinski definition) is 5. The van der Waals surface area contributed by atoms with Crippen molar-refractivity contribution in [1.82, 2.24) is 13.7 Å². The van der Waals surface area contributed by atoms with Gasteiger partial charge in [0.25, 0.3) is 0 Å². The summed E-state index contributed by atoms with van der Waals surface area (Å²) in [6, 6.07) is 14.0. The van der Waals surface area contributed by atoms with E-state index in [-0.39, 0.29) is 18.7 Å². The van der Waals surface area contributed by atoms with E-state index in [1.165, 1.54) is 43.5 Å². The summed E-state index contributed by atoms with van der Waals surface area (Å²) >= 11 is 0. The Kier molecular flexibility index (Phi) is 7.44. The highest BCUT2D eigenvalue weighted by molar-refractivity contribution is 5.39. The average Bonchev–Trinajstić information content (AvgIpc) is 2.88. The number of rotatable bonds is 8. The minimum absolute atomic E-state index is 0.0307. The van der Waals surface area contributed by atoms with E-state index in [0.29, 0.717) is 15.9 Å². The summed E-state index contributed by atoms with van der Waals surface area (Å²) in [5.41, 5.74) is 3.05. The van der Waals surface area contributed by atoms with Gasteiger partial charge in [-0.2, -0.15) is 0 Å².